The molecule has 0 heterocycles. The molecule has 0 aromatic rings. The van der Waals surface area contributed by atoms with Crippen molar-refractivity contribution in [3.8, 4) is 0 Å². The molecule has 5 N–H and O–H groups in total. The number of methoxy groups -OCH3 is 1. The van der Waals surface area contributed by atoms with Crippen molar-refractivity contribution in [3.63, 3.8) is 0 Å². The van der Waals surface area contributed by atoms with Crippen LogP contribution < -0.4 is 16.4 Å². The number of carbonyl (C=O) groups excluding carboxylic acids is 2. The minimum atomic E-state index is -1.27. The molecule has 2 amide bonds. The number of nitrogens with two attached hydrogens (primary N) is 1. The van der Waals surface area contributed by atoms with Gasteiger partial charge in [-0.1, -0.05) is 0 Å². The topological polar surface area (TPSA) is 114 Å². The molecular formula is C8H17N3O4. The van der Waals surface area contributed by atoms with Gasteiger partial charge in [0.15, 0.2) is 0 Å². The van der Waals surface area contributed by atoms with Crippen LogP contribution in [0.3, 0.4) is 0 Å². The molecule has 1 atom stereocenters. The van der Waals surface area contributed by atoms with Crippen LogP contribution in [0.1, 0.15) is 0 Å². The average Bonchev–Trinajstić information content (AvgIpc) is 2.18. The third-order valence-electron chi connectivity index (χ3n) is 1.58. The minimum Gasteiger partial charge on any atom is -0.383 e. The van der Waals surface area contributed by atoms with E-state index in [1.54, 1.807) is 0 Å². The maximum atomic E-state index is 11.0. The van der Waals surface area contributed by atoms with Crippen LogP contribution in [-0.2, 0) is 14.3 Å². The summed E-state index contributed by atoms with van der Waals surface area (Å²) >= 11 is 0. The van der Waals surface area contributed by atoms with Crippen molar-refractivity contribution in [3.05, 3.63) is 0 Å². The van der Waals surface area contributed by atoms with Crippen LogP contribution >= 0.6 is 0 Å². The third-order valence-corrected chi connectivity index (χ3v) is 1.58. The van der Waals surface area contributed by atoms with Crippen LogP contribution in [-0.4, -0.2) is 56.4 Å². The second kappa shape index (κ2) is 8.16. The predicted molar refractivity (Wildman–Crippen MR) is 53.0 cm³/mol. The Labute approximate surface area is 88.0 Å². The largest absolute Gasteiger partial charge is 0.383 e. The molecule has 0 aromatic carbocycles. The highest BCUT2D eigenvalue weighted by Crippen LogP contribution is 1.76. The van der Waals surface area contributed by atoms with Crippen molar-refractivity contribution < 1.29 is 19.4 Å². The number of rotatable bonds is 8. The highest BCUT2D eigenvalue weighted by Gasteiger charge is 2.10. The van der Waals surface area contributed by atoms with Gasteiger partial charge in [-0.2, -0.15) is 0 Å². The lowest BCUT2D eigenvalue weighted by Crippen LogP contribution is -2.42. The zero-order valence-corrected chi connectivity index (χ0v) is 8.66. The lowest BCUT2D eigenvalue weighted by atomic mass is 10.3. The van der Waals surface area contributed by atoms with Crippen molar-refractivity contribution in [1.29, 1.82) is 0 Å². The van der Waals surface area contributed by atoms with E-state index in [9.17, 15) is 9.59 Å². The summed E-state index contributed by atoms with van der Waals surface area (Å²) in [5.74, 6) is -1.05. The first-order valence-corrected chi connectivity index (χ1v) is 4.51. The van der Waals surface area contributed by atoms with Crippen molar-refractivity contribution in [2.24, 2.45) is 5.73 Å². The first-order valence-electron chi connectivity index (χ1n) is 4.51. The van der Waals surface area contributed by atoms with E-state index in [1.807, 2.05) is 0 Å². The number of hydrogen-bond acceptors (Lipinski definition) is 5. The molecule has 0 radical (unpaired) electrons. The SMILES string of the molecule is COCCNC(=O)CNCC(O)C(N)=O. The highest BCUT2D eigenvalue weighted by molar-refractivity contribution is 5.79. The van der Waals surface area contributed by atoms with Crippen LogP contribution in [0.5, 0.6) is 0 Å². The van der Waals surface area contributed by atoms with Gasteiger partial charge >= 0.3 is 0 Å². The van der Waals surface area contributed by atoms with Gasteiger partial charge in [-0.25, -0.2) is 0 Å². The predicted octanol–water partition coefficient (Wildman–Crippen LogP) is -2.82. The van der Waals surface area contributed by atoms with Gasteiger partial charge in [0, 0.05) is 20.2 Å². The molecule has 0 rings (SSSR count). The molecule has 0 spiro atoms. The summed E-state index contributed by atoms with van der Waals surface area (Å²) in [4.78, 5) is 21.4. The fourth-order valence-electron chi connectivity index (χ4n) is 0.778. The second-order valence-corrected chi connectivity index (χ2v) is 2.89. The summed E-state index contributed by atoms with van der Waals surface area (Å²) in [5, 5.41) is 14.1. The van der Waals surface area contributed by atoms with Crippen LogP contribution in [0, 0.1) is 0 Å². The Bertz CT molecular complexity index is 210. The Kier molecular flexibility index (Phi) is 7.51. The Morgan fingerprint density at radius 1 is 1.53 bits per heavy atom. The van der Waals surface area contributed by atoms with Crippen molar-refractivity contribution in [1.82, 2.24) is 10.6 Å². The number of aliphatic hydroxyl groups is 1. The summed E-state index contributed by atoms with van der Waals surface area (Å²) in [7, 11) is 1.54. The smallest absolute Gasteiger partial charge is 0.247 e. The molecule has 88 valence electrons. The lowest BCUT2D eigenvalue weighted by molar-refractivity contribution is -0.126. The maximum Gasteiger partial charge on any atom is 0.247 e. The summed E-state index contributed by atoms with van der Waals surface area (Å²) < 4.78 is 4.73. The molecule has 0 bridgehead atoms. The third kappa shape index (κ3) is 7.86. The van der Waals surface area contributed by atoms with E-state index in [-0.39, 0.29) is 19.0 Å². The standard InChI is InChI=1S/C8H17N3O4/c1-15-3-2-11-7(13)5-10-4-6(12)8(9)14/h6,10,12H,2-5H2,1H3,(H2,9,14)(H,11,13). The molecular weight excluding hydrogens is 202 g/mol. The molecule has 1 unspecified atom stereocenters. The molecule has 0 aliphatic heterocycles. The summed E-state index contributed by atoms with van der Waals surface area (Å²) in [6, 6.07) is 0. The zero-order chi connectivity index (χ0) is 11.7. The number of nitrogens with one attached hydrogen (secondary N) is 2. The van der Waals surface area contributed by atoms with E-state index in [4.69, 9.17) is 15.6 Å². The number of aliphatic hydroxyl groups excluding tert-OH is 1. The number of carbonyl (C=O) groups is 2. The Morgan fingerprint density at radius 3 is 2.73 bits per heavy atom. The molecule has 0 saturated carbocycles. The normalized spacial score (nSPS) is 12.1. The van der Waals surface area contributed by atoms with Crippen molar-refractivity contribution in [2.75, 3.05) is 33.4 Å². The quantitative estimate of drug-likeness (QED) is 0.329. The van der Waals surface area contributed by atoms with Crippen LogP contribution in [0.4, 0.5) is 0 Å². The fourth-order valence-corrected chi connectivity index (χ4v) is 0.778. The van der Waals surface area contributed by atoms with E-state index >= 15 is 0 Å². The zero-order valence-electron chi connectivity index (χ0n) is 8.66. The molecule has 0 fully saturated rings. The Balaban J connectivity index is 3.42. The summed E-state index contributed by atoms with van der Waals surface area (Å²) in [6.45, 7) is 0.853. The minimum absolute atomic E-state index is 0.0219. The first-order chi connectivity index (χ1) is 7.07. The van der Waals surface area contributed by atoms with Gasteiger partial charge in [0.05, 0.1) is 13.2 Å². The van der Waals surface area contributed by atoms with Gasteiger partial charge in [-0.05, 0) is 0 Å². The Hall–Kier alpha value is -1.18. The van der Waals surface area contributed by atoms with Crippen molar-refractivity contribution >= 4 is 11.8 Å². The number of amides is 2. The molecule has 15 heavy (non-hydrogen) atoms. The van der Waals surface area contributed by atoms with Gasteiger partial charge in [0.25, 0.3) is 0 Å². The average molecular weight is 219 g/mol. The van der Waals surface area contributed by atoms with Crippen LogP contribution in [0.25, 0.3) is 0 Å². The van der Waals surface area contributed by atoms with Gasteiger partial charge in [0.1, 0.15) is 6.10 Å². The van der Waals surface area contributed by atoms with Gasteiger partial charge in [0.2, 0.25) is 11.8 Å². The lowest BCUT2D eigenvalue weighted by Gasteiger charge is -2.08. The monoisotopic (exact) mass is 219 g/mol. The van der Waals surface area contributed by atoms with Crippen LogP contribution in [0.15, 0.2) is 0 Å². The second-order valence-electron chi connectivity index (χ2n) is 2.89. The maximum absolute atomic E-state index is 11.0. The van der Waals surface area contributed by atoms with Crippen LogP contribution in [0.2, 0.25) is 0 Å². The highest BCUT2D eigenvalue weighted by atomic mass is 16.5. The van der Waals surface area contributed by atoms with E-state index in [0.29, 0.717) is 13.2 Å². The molecule has 0 aromatic heterocycles. The molecule has 7 heteroatoms. The van der Waals surface area contributed by atoms with Gasteiger partial charge in [-0.15, -0.1) is 0 Å². The number of hydrogen-bond donors (Lipinski definition) is 4. The Morgan fingerprint density at radius 2 is 2.20 bits per heavy atom. The van der Waals surface area contributed by atoms with E-state index < -0.39 is 12.0 Å². The van der Waals surface area contributed by atoms with E-state index in [2.05, 4.69) is 10.6 Å². The van der Waals surface area contributed by atoms with Crippen molar-refractivity contribution in [2.45, 2.75) is 6.10 Å². The fraction of sp³-hybridized carbons (Fsp3) is 0.750. The number of ether oxygens (including phenoxy) is 1. The molecule has 0 aliphatic rings. The molecule has 0 saturated heterocycles. The van der Waals surface area contributed by atoms with Gasteiger partial charge < -0.3 is 26.2 Å². The molecule has 0 aliphatic carbocycles. The number of primary amides is 1. The van der Waals surface area contributed by atoms with E-state index in [1.165, 1.54) is 7.11 Å². The first kappa shape index (κ1) is 13.8. The van der Waals surface area contributed by atoms with Gasteiger partial charge in [-0.3, -0.25) is 9.59 Å². The van der Waals surface area contributed by atoms with E-state index in [0.717, 1.165) is 0 Å². The summed E-state index contributed by atoms with van der Waals surface area (Å²) in [6.07, 6.45) is -1.27. The molecule has 7 nitrogen and oxygen atoms in total. The summed E-state index contributed by atoms with van der Waals surface area (Å²) in [5.41, 5.74) is 4.81.